The molecule has 0 fully saturated rings. The largest absolute Gasteiger partial charge is 0.293 e. The summed E-state index contributed by atoms with van der Waals surface area (Å²) in [4.78, 5) is 14.5. The maximum Gasteiger partial charge on any atom is 0.163 e. The Morgan fingerprint density at radius 1 is 0.538 bits per heavy atom. The van der Waals surface area contributed by atoms with E-state index in [2.05, 4.69) is 113 Å². The fourth-order valence-electron chi connectivity index (χ4n) is 5.69. The van der Waals surface area contributed by atoms with Crippen molar-refractivity contribution >= 4 is 43.5 Å². The van der Waals surface area contributed by atoms with Crippen LogP contribution in [0.15, 0.2) is 134 Å². The summed E-state index contributed by atoms with van der Waals surface area (Å²) >= 11 is 0. The smallest absolute Gasteiger partial charge is 0.163 e. The first-order chi connectivity index (χ1) is 19.3. The van der Waals surface area contributed by atoms with Gasteiger partial charge >= 0.3 is 0 Å². The molecular formula is C35H22N4. The van der Waals surface area contributed by atoms with Crippen LogP contribution in [0, 0.1) is 0 Å². The molecule has 4 nitrogen and oxygen atoms in total. The highest BCUT2D eigenvalue weighted by Crippen LogP contribution is 2.41. The number of nitrogens with zero attached hydrogens (tertiary/aromatic N) is 4. The first kappa shape index (κ1) is 21.7. The van der Waals surface area contributed by atoms with Crippen LogP contribution in [-0.2, 0) is 0 Å². The number of hydrogen-bond donors (Lipinski definition) is 0. The Bertz CT molecular complexity index is 2160. The van der Waals surface area contributed by atoms with Crippen molar-refractivity contribution in [2.75, 3.05) is 0 Å². The van der Waals surface area contributed by atoms with Gasteiger partial charge in [-0.2, -0.15) is 0 Å². The maximum atomic E-state index is 5.21. The lowest BCUT2D eigenvalue weighted by molar-refractivity contribution is 1.07. The molecule has 8 rings (SSSR count). The van der Waals surface area contributed by atoms with Crippen molar-refractivity contribution in [1.82, 2.24) is 19.5 Å². The molecule has 0 amide bonds. The SMILES string of the molecule is c1ccc(-c2cccc3c2c2cc4ccccc4cc2n3-c2nc(-c3cccnc3)nc3ccccc23)cc1. The number of hydrogen-bond acceptors (Lipinski definition) is 3. The number of para-hydroxylation sites is 1. The van der Waals surface area contributed by atoms with Gasteiger partial charge in [-0.15, -0.1) is 0 Å². The van der Waals surface area contributed by atoms with Gasteiger partial charge in [0.1, 0.15) is 5.82 Å². The first-order valence-corrected chi connectivity index (χ1v) is 13.0. The van der Waals surface area contributed by atoms with E-state index in [9.17, 15) is 0 Å². The molecule has 0 saturated heterocycles. The van der Waals surface area contributed by atoms with Crippen molar-refractivity contribution < 1.29 is 0 Å². The number of pyridine rings is 1. The van der Waals surface area contributed by atoms with Crippen molar-refractivity contribution in [2.24, 2.45) is 0 Å². The molecule has 0 aliphatic carbocycles. The van der Waals surface area contributed by atoms with Gasteiger partial charge in [0.2, 0.25) is 0 Å². The van der Waals surface area contributed by atoms with Crippen molar-refractivity contribution in [2.45, 2.75) is 0 Å². The van der Waals surface area contributed by atoms with Gasteiger partial charge in [0.25, 0.3) is 0 Å². The van der Waals surface area contributed by atoms with Crippen molar-refractivity contribution in [3.05, 3.63) is 134 Å². The molecule has 3 aromatic heterocycles. The van der Waals surface area contributed by atoms with Crippen molar-refractivity contribution in [3.8, 4) is 28.3 Å². The summed E-state index contributed by atoms with van der Waals surface area (Å²) in [6.45, 7) is 0. The quantitative estimate of drug-likeness (QED) is 0.245. The minimum absolute atomic E-state index is 0.659. The molecule has 4 heteroatoms. The van der Waals surface area contributed by atoms with E-state index in [-0.39, 0.29) is 0 Å². The van der Waals surface area contributed by atoms with Crippen LogP contribution in [0.5, 0.6) is 0 Å². The predicted octanol–water partition coefficient (Wildman–Crippen LogP) is 8.61. The van der Waals surface area contributed by atoms with E-state index in [1.54, 1.807) is 6.20 Å². The summed E-state index contributed by atoms with van der Waals surface area (Å²) in [7, 11) is 0. The van der Waals surface area contributed by atoms with E-state index in [0.29, 0.717) is 5.82 Å². The minimum atomic E-state index is 0.659. The molecule has 5 aromatic carbocycles. The Morgan fingerprint density at radius 3 is 2.15 bits per heavy atom. The third kappa shape index (κ3) is 3.42. The Hall–Kier alpha value is -5.35. The molecule has 3 heterocycles. The number of aromatic nitrogens is 4. The van der Waals surface area contributed by atoms with Gasteiger partial charge < -0.3 is 0 Å². The van der Waals surface area contributed by atoms with Crippen LogP contribution in [-0.4, -0.2) is 19.5 Å². The Morgan fingerprint density at radius 2 is 1.31 bits per heavy atom. The van der Waals surface area contributed by atoms with Crippen molar-refractivity contribution in [1.29, 1.82) is 0 Å². The molecule has 0 aliphatic heterocycles. The summed E-state index contributed by atoms with van der Waals surface area (Å²) in [5.41, 5.74) is 6.42. The summed E-state index contributed by atoms with van der Waals surface area (Å²) in [6.07, 6.45) is 3.59. The van der Waals surface area contributed by atoms with E-state index in [0.717, 1.165) is 33.3 Å². The highest BCUT2D eigenvalue weighted by atomic mass is 15.1. The van der Waals surface area contributed by atoms with Gasteiger partial charge in [-0.25, -0.2) is 9.97 Å². The van der Waals surface area contributed by atoms with Crippen LogP contribution in [0.25, 0.3) is 71.8 Å². The van der Waals surface area contributed by atoms with E-state index >= 15 is 0 Å². The van der Waals surface area contributed by atoms with E-state index in [1.165, 1.54) is 32.7 Å². The molecule has 0 saturated carbocycles. The van der Waals surface area contributed by atoms with Crippen LogP contribution < -0.4 is 0 Å². The second-order valence-electron chi connectivity index (χ2n) is 9.75. The Balaban J connectivity index is 1.56. The third-order valence-corrected chi connectivity index (χ3v) is 7.46. The average Bonchev–Trinajstić information content (AvgIpc) is 3.33. The van der Waals surface area contributed by atoms with Crippen LogP contribution in [0.4, 0.5) is 0 Å². The maximum absolute atomic E-state index is 5.21. The first-order valence-electron chi connectivity index (χ1n) is 13.0. The fourth-order valence-corrected chi connectivity index (χ4v) is 5.69. The molecule has 0 N–H and O–H groups in total. The number of rotatable bonds is 3. The summed E-state index contributed by atoms with van der Waals surface area (Å²) in [5, 5.41) is 5.84. The predicted molar refractivity (Wildman–Crippen MR) is 160 cm³/mol. The number of benzene rings is 5. The molecule has 8 aromatic rings. The zero-order chi connectivity index (χ0) is 25.8. The molecule has 0 unspecified atom stereocenters. The zero-order valence-corrected chi connectivity index (χ0v) is 21.0. The summed E-state index contributed by atoms with van der Waals surface area (Å²) < 4.78 is 2.31. The minimum Gasteiger partial charge on any atom is -0.293 e. The molecule has 39 heavy (non-hydrogen) atoms. The molecular weight excluding hydrogens is 476 g/mol. The second-order valence-corrected chi connectivity index (χ2v) is 9.75. The Kier molecular flexibility index (Phi) is 4.79. The molecule has 0 spiro atoms. The van der Waals surface area contributed by atoms with Crippen LogP contribution >= 0.6 is 0 Å². The van der Waals surface area contributed by atoms with Crippen LogP contribution in [0.1, 0.15) is 0 Å². The highest BCUT2D eigenvalue weighted by Gasteiger charge is 2.20. The van der Waals surface area contributed by atoms with E-state index < -0.39 is 0 Å². The summed E-state index contributed by atoms with van der Waals surface area (Å²) in [5.74, 6) is 1.52. The van der Waals surface area contributed by atoms with Crippen LogP contribution in [0.3, 0.4) is 0 Å². The summed E-state index contributed by atoms with van der Waals surface area (Å²) in [6, 6.07) is 42.5. The molecule has 0 aliphatic rings. The van der Waals surface area contributed by atoms with E-state index in [4.69, 9.17) is 9.97 Å². The number of fused-ring (bicyclic) bond motifs is 5. The lowest BCUT2D eigenvalue weighted by Gasteiger charge is -2.13. The van der Waals surface area contributed by atoms with Gasteiger partial charge in [0.15, 0.2) is 5.82 Å². The van der Waals surface area contributed by atoms with Crippen LogP contribution in [0.2, 0.25) is 0 Å². The lowest BCUT2D eigenvalue weighted by Crippen LogP contribution is -2.02. The highest BCUT2D eigenvalue weighted by molar-refractivity contribution is 6.19. The van der Waals surface area contributed by atoms with Gasteiger partial charge in [-0.05, 0) is 64.4 Å². The Labute approximate surface area is 224 Å². The molecule has 0 bridgehead atoms. The van der Waals surface area contributed by atoms with Crippen molar-refractivity contribution in [3.63, 3.8) is 0 Å². The lowest BCUT2D eigenvalue weighted by atomic mass is 9.98. The topological polar surface area (TPSA) is 43.6 Å². The molecule has 0 radical (unpaired) electrons. The standard InChI is InChI=1S/C35H22N4/c1-2-10-23(11-3-1)27-16-8-18-31-33(27)29-20-24-12-4-5-13-25(24)21-32(29)39(31)35-28-15-6-7-17-30(28)37-34(38-35)26-14-9-19-36-22-26/h1-22H. The third-order valence-electron chi connectivity index (χ3n) is 7.46. The second kappa shape index (κ2) is 8.61. The normalized spacial score (nSPS) is 11.6. The zero-order valence-electron chi connectivity index (χ0n) is 21.0. The van der Waals surface area contributed by atoms with Gasteiger partial charge in [-0.3, -0.25) is 9.55 Å². The average molecular weight is 499 g/mol. The monoisotopic (exact) mass is 498 g/mol. The molecule has 0 atom stereocenters. The molecule has 182 valence electrons. The van der Waals surface area contributed by atoms with Gasteiger partial charge in [-0.1, -0.05) is 78.9 Å². The fraction of sp³-hybridized carbons (Fsp3) is 0. The van der Waals surface area contributed by atoms with Gasteiger partial charge in [0, 0.05) is 34.1 Å². The van der Waals surface area contributed by atoms with E-state index in [1.807, 2.05) is 24.4 Å². The van der Waals surface area contributed by atoms with Gasteiger partial charge in [0.05, 0.1) is 16.6 Å².